The van der Waals surface area contributed by atoms with Gasteiger partial charge in [-0.2, -0.15) is 0 Å². The molecule has 1 aliphatic rings. The molecule has 106 valence electrons. The number of hydrogen-bond donors (Lipinski definition) is 2. The summed E-state index contributed by atoms with van der Waals surface area (Å²) < 4.78 is 0. The first kappa shape index (κ1) is 14.5. The van der Waals surface area contributed by atoms with Gasteiger partial charge in [0.2, 0.25) is 0 Å². The van der Waals surface area contributed by atoms with Crippen molar-refractivity contribution in [2.45, 2.75) is 51.6 Å². The largest absolute Gasteiger partial charge is 0.382 e. The lowest BCUT2D eigenvalue weighted by Crippen LogP contribution is -3.11. The molecule has 1 aromatic carbocycles. The van der Waals surface area contributed by atoms with Crippen molar-refractivity contribution in [3.05, 3.63) is 35.4 Å². The topological polar surface area (TPSA) is 24.7 Å². The van der Waals surface area contributed by atoms with Gasteiger partial charge in [-0.25, -0.2) is 0 Å². The summed E-state index contributed by atoms with van der Waals surface area (Å²) in [5.41, 5.74) is 2.53. The van der Waals surface area contributed by atoms with Crippen LogP contribution >= 0.6 is 0 Å². The summed E-state index contributed by atoms with van der Waals surface area (Å²) in [5, 5.41) is 10.3. The highest BCUT2D eigenvalue weighted by Crippen LogP contribution is 2.34. The molecule has 0 aromatic heterocycles. The van der Waals surface area contributed by atoms with Crippen LogP contribution in [0, 0.1) is 0 Å². The first-order valence-corrected chi connectivity index (χ1v) is 7.86. The van der Waals surface area contributed by atoms with Gasteiger partial charge in [0.05, 0.1) is 13.1 Å². The van der Waals surface area contributed by atoms with Gasteiger partial charge in [-0.05, 0) is 43.7 Å². The molecule has 1 aliphatic carbocycles. The molecule has 1 atom stereocenters. The minimum Gasteiger partial charge on any atom is -0.382 e. The maximum absolute atomic E-state index is 10.3. The van der Waals surface area contributed by atoms with Gasteiger partial charge in [0.1, 0.15) is 12.6 Å². The summed E-state index contributed by atoms with van der Waals surface area (Å²) in [6.45, 7) is 7.32. The number of nitrogens with one attached hydrogen (secondary N) is 1. The Labute approximate surface area is 117 Å². The average molecular weight is 262 g/mol. The number of aliphatic hydroxyl groups is 1. The minimum absolute atomic E-state index is 0.326. The van der Waals surface area contributed by atoms with Crippen LogP contribution in [-0.2, 0) is 0 Å². The summed E-state index contributed by atoms with van der Waals surface area (Å²) in [5.74, 6) is 0.764. The molecule has 2 heteroatoms. The third-order valence-electron chi connectivity index (χ3n) is 4.63. The van der Waals surface area contributed by atoms with Gasteiger partial charge in [-0.1, -0.05) is 37.1 Å². The zero-order valence-corrected chi connectivity index (χ0v) is 12.4. The van der Waals surface area contributed by atoms with Gasteiger partial charge in [0, 0.05) is 0 Å². The highest BCUT2D eigenvalue weighted by Gasteiger charge is 2.18. The highest BCUT2D eigenvalue weighted by atomic mass is 16.3. The number of benzene rings is 1. The normalized spacial score (nSPS) is 18.1. The molecule has 2 nitrogen and oxygen atoms in total. The van der Waals surface area contributed by atoms with E-state index in [1.165, 1.54) is 36.1 Å². The molecule has 0 aliphatic heterocycles. The van der Waals surface area contributed by atoms with E-state index in [0.29, 0.717) is 0 Å². The van der Waals surface area contributed by atoms with Crippen molar-refractivity contribution in [2.75, 3.05) is 19.6 Å². The van der Waals surface area contributed by atoms with Crippen molar-refractivity contribution < 1.29 is 10.0 Å². The molecule has 0 saturated heterocycles. The van der Waals surface area contributed by atoms with Crippen LogP contribution in [0.3, 0.4) is 0 Å². The van der Waals surface area contributed by atoms with Crippen molar-refractivity contribution in [3.8, 4) is 0 Å². The summed E-state index contributed by atoms with van der Waals surface area (Å²) in [6, 6.07) is 8.71. The maximum atomic E-state index is 10.3. The smallest absolute Gasteiger partial charge is 0.128 e. The Kier molecular flexibility index (Phi) is 5.41. The second-order valence-corrected chi connectivity index (χ2v) is 5.83. The van der Waals surface area contributed by atoms with E-state index in [9.17, 15) is 5.11 Å². The standard InChI is InChI=1S/C17H27NO/c1-3-18(4-2)13-17(19)16-11-9-15(10-12-16)14-7-5-6-8-14/h9-12,14,17,19H,3-8,13H2,1-2H3/p+1/t17-/m1/s1. The van der Waals surface area contributed by atoms with E-state index in [-0.39, 0.29) is 6.10 Å². The molecule has 2 rings (SSSR count). The van der Waals surface area contributed by atoms with Gasteiger partial charge in [-0.15, -0.1) is 0 Å². The fourth-order valence-electron chi connectivity index (χ4n) is 3.18. The van der Waals surface area contributed by atoms with Crippen LogP contribution in [0.2, 0.25) is 0 Å². The third kappa shape index (κ3) is 3.80. The van der Waals surface area contributed by atoms with Gasteiger partial charge in [-0.3, -0.25) is 0 Å². The van der Waals surface area contributed by atoms with Crippen LogP contribution in [0.25, 0.3) is 0 Å². The van der Waals surface area contributed by atoms with Crippen LogP contribution in [0.4, 0.5) is 0 Å². The zero-order valence-electron chi connectivity index (χ0n) is 12.4. The average Bonchev–Trinajstić information content (AvgIpc) is 2.99. The second kappa shape index (κ2) is 7.06. The lowest BCUT2D eigenvalue weighted by atomic mass is 9.95. The molecule has 0 bridgehead atoms. The van der Waals surface area contributed by atoms with Gasteiger partial charge < -0.3 is 10.0 Å². The van der Waals surface area contributed by atoms with Crippen molar-refractivity contribution in [3.63, 3.8) is 0 Å². The van der Waals surface area contributed by atoms with E-state index >= 15 is 0 Å². The Morgan fingerprint density at radius 1 is 1.11 bits per heavy atom. The van der Waals surface area contributed by atoms with Crippen molar-refractivity contribution in [1.82, 2.24) is 0 Å². The molecule has 0 amide bonds. The van der Waals surface area contributed by atoms with Crippen LogP contribution in [0.15, 0.2) is 24.3 Å². The van der Waals surface area contributed by atoms with Crippen molar-refractivity contribution in [1.29, 1.82) is 0 Å². The molecule has 1 fully saturated rings. The third-order valence-corrected chi connectivity index (χ3v) is 4.63. The molecule has 0 heterocycles. The Balaban J connectivity index is 1.97. The Hall–Kier alpha value is -0.860. The molecular formula is C17H28NO+. The van der Waals surface area contributed by atoms with E-state index in [1.807, 2.05) is 0 Å². The molecule has 1 aromatic rings. The van der Waals surface area contributed by atoms with Crippen LogP contribution in [0.5, 0.6) is 0 Å². The monoisotopic (exact) mass is 262 g/mol. The number of aliphatic hydroxyl groups excluding tert-OH is 1. The van der Waals surface area contributed by atoms with Crippen molar-refractivity contribution >= 4 is 0 Å². The quantitative estimate of drug-likeness (QED) is 0.808. The summed E-state index contributed by atoms with van der Waals surface area (Å²) in [4.78, 5) is 1.45. The van der Waals surface area contributed by atoms with Gasteiger partial charge in [0.15, 0.2) is 0 Å². The van der Waals surface area contributed by atoms with E-state index < -0.39 is 0 Å². The predicted molar refractivity (Wildman–Crippen MR) is 79.5 cm³/mol. The van der Waals surface area contributed by atoms with Crippen LogP contribution in [0.1, 0.15) is 62.7 Å². The zero-order chi connectivity index (χ0) is 13.7. The van der Waals surface area contributed by atoms with E-state index in [0.717, 1.165) is 31.1 Å². The number of rotatable bonds is 6. The number of quaternary nitrogens is 1. The highest BCUT2D eigenvalue weighted by molar-refractivity contribution is 5.27. The molecule has 0 unspecified atom stereocenters. The van der Waals surface area contributed by atoms with E-state index in [2.05, 4.69) is 38.1 Å². The summed E-state index contributed by atoms with van der Waals surface area (Å²) >= 11 is 0. The maximum Gasteiger partial charge on any atom is 0.128 e. The van der Waals surface area contributed by atoms with E-state index in [1.54, 1.807) is 0 Å². The Morgan fingerprint density at radius 2 is 1.68 bits per heavy atom. The predicted octanol–water partition coefficient (Wildman–Crippen LogP) is 2.30. The molecule has 0 radical (unpaired) electrons. The molecule has 19 heavy (non-hydrogen) atoms. The number of likely N-dealkylation sites (N-methyl/N-ethyl adjacent to an activating group) is 1. The fraction of sp³-hybridized carbons (Fsp3) is 0.647. The van der Waals surface area contributed by atoms with Crippen molar-refractivity contribution in [2.24, 2.45) is 0 Å². The molecular weight excluding hydrogens is 234 g/mol. The van der Waals surface area contributed by atoms with Crippen LogP contribution < -0.4 is 4.90 Å². The minimum atomic E-state index is -0.326. The summed E-state index contributed by atoms with van der Waals surface area (Å²) in [7, 11) is 0. The molecule has 1 saturated carbocycles. The first-order valence-electron chi connectivity index (χ1n) is 7.86. The first-order chi connectivity index (χ1) is 9.24. The molecule has 0 spiro atoms. The SMILES string of the molecule is CC[NH+](CC)C[C@@H](O)c1ccc(C2CCCC2)cc1. The Morgan fingerprint density at radius 3 is 2.21 bits per heavy atom. The fourth-order valence-corrected chi connectivity index (χ4v) is 3.18. The lowest BCUT2D eigenvalue weighted by molar-refractivity contribution is -0.900. The Bertz CT molecular complexity index is 363. The number of hydrogen-bond acceptors (Lipinski definition) is 1. The van der Waals surface area contributed by atoms with Gasteiger partial charge in [0.25, 0.3) is 0 Å². The van der Waals surface area contributed by atoms with Gasteiger partial charge >= 0.3 is 0 Å². The molecule has 2 N–H and O–H groups in total. The second-order valence-electron chi connectivity index (χ2n) is 5.83. The van der Waals surface area contributed by atoms with Crippen LogP contribution in [-0.4, -0.2) is 24.7 Å². The summed E-state index contributed by atoms with van der Waals surface area (Å²) in [6.07, 6.45) is 5.10. The van der Waals surface area contributed by atoms with E-state index in [4.69, 9.17) is 0 Å². The lowest BCUT2D eigenvalue weighted by Gasteiger charge is -2.20.